The molecule has 0 heterocycles. The Labute approximate surface area is 200 Å². The van der Waals surface area contributed by atoms with Gasteiger partial charge in [0.1, 0.15) is 0 Å². The van der Waals surface area contributed by atoms with Crippen molar-refractivity contribution >= 4 is 7.82 Å². The van der Waals surface area contributed by atoms with E-state index in [9.17, 15) is 4.57 Å². The van der Waals surface area contributed by atoms with Crippen LogP contribution in [0.3, 0.4) is 0 Å². The van der Waals surface area contributed by atoms with Crippen LogP contribution in [-0.4, -0.2) is 68.9 Å². The number of phosphoric acid groups is 1. The molecule has 7 heteroatoms. The van der Waals surface area contributed by atoms with E-state index < -0.39 is 7.82 Å². The zero-order chi connectivity index (χ0) is 23.9. The van der Waals surface area contributed by atoms with Gasteiger partial charge in [-0.15, -0.1) is 0 Å². The van der Waals surface area contributed by atoms with Crippen molar-refractivity contribution < 1.29 is 18.1 Å². The molecule has 0 saturated carbocycles. The third-order valence-corrected chi connectivity index (χ3v) is 7.23. The zero-order valence-corrected chi connectivity index (χ0v) is 23.0. The standard InChI is InChI=1S/C25H55N2O4P/c1-6-11-13-14-15-16-21-27(23-17-22-26(19-8-3)20-12-7-2)24-18-25-31-32(28,29-9-4)30-10-5/h6-25H2,1-5H3. The fourth-order valence-electron chi connectivity index (χ4n) is 3.89. The Bertz CT molecular complexity index is 430. The predicted octanol–water partition coefficient (Wildman–Crippen LogP) is 7.14. The predicted molar refractivity (Wildman–Crippen MR) is 137 cm³/mol. The summed E-state index contributed by atoms with van der Waals surface area (Å²) in [6.07, 6.45) is 13.8. The summed E-state index contributed by atoms with van der Waals surface area (Å²) in [6.45, 7) is 18.3. The minimum atomic E-state index is -3.39. The second-order valence-corrected chi connectivity index (χ2v) is 10.3. The van der Waals surface area contributed by atoms with Crippen molar-refractivity contribution in [3.8, 4) is 0 Å². The number of nitrogens with zero attached hydrogens (tertiary/aromatic N) is 2. The average molecular weight is 479 g/mol. The van der Waals surface area contributed by atoms with Gasteiger partial charge in [-0.3, -0.25) is 13.6 Å². The van der Waals surface area contributed by atoms with Crippen molar-refractivity contribution in [2.45, 2.75) is 105 Å². The SMILES string of the molecule is CCCCCCCCN(CCCOP(=O)(OCC)OCC)CCCN(CCC)CCCC. The van der Waals surface area contributed by atoms with Crippen LogP contribution in [0, 0.1) is 0 Å². The first-order valence-corrected chi connectivity index (χ1v) is 15.0. The highest BCUT2D eigenvalue weighted by Crippen LogP contribution is 2.49. The van der Waals surface area contributed by atoms with E-state index in [1.807, 2.05) is 0 Å². The molecule has 0 N–H and O–H groups in total. The molecule has 194 valence electrons. The lowest BCUT2D eigenvalue weighted by Gasteiger charge is -2.26. The summed E-state index contributed by atoms with van der Waals surface area (Å²) in [5, 5.41) is 0. The lowest BCUT2D eigenvalue weighted by Crippen LogP contribution is -2.32. The summed E-state index contributed by atoms with van der Waals surface area (Å²) in [5.74, 6) is 0. The molecule has 0 amide bonds. The van der Waals surface area contributed by atoms with Crippen LogP contribution >= 0.6 is 7.82 Å². The largest absolute Gasteiger partial charge is 0.474 e. The molecule has 0 fully saturated rings. The van der Waals surface area contributed by atoms with E-state index in [1.165, 1.54) is 83.8 Å². The Kier molecular flexibility index (Phi) is 22.8. The normalized spacial score (nSPS) is 12.3. The molecule has 0 atom stereocenters. The maximum atomic E-state index is 12.5. The quantitative estimate of drug-likeness (QED) is 0.103. The Morgan fingerprint density at radius 3 is 1.59 bits per heavy atom. The molecule has 0 saturated heterocycles. The van der Waals surface area contributed by atoms with Gasteiger partial charge in [-0.25, -0.2) is 4.57 Å². The van der Waals surface area contributed by atoms with Crippen LogP contribution in [0.4, 0.5) is 0 Å². The number of rotatable bonds is 25. The van der Waals surface area contributed by atoms with Crippen molar-refractivity contribution in [2.75, 3.05) is 59.1 Å². The van der Waals surface area contributed by atoms with E-state index in [2.05, 4.69) is 30.6 Å². The highest BCUT2D eigenvalue weighted by atomic mass is 31.2. The van der Waals surface area contributed by atoms with Crippen molar-refractivity contribution in [3.05, 3.63) is 0 Å². The van der Waals surface area contributed by atoms with Gasteiger partial charge in [-0.05, 0) is 78.7 Å². The molecule has 0 bridgehead atoms. The second kappa shape index (κ2) is 22.8. The molecule has 0 aromatic heterocycles. The van der Waals surface area contributed by atoms with Crippen molar-refractivity contribution in [2.24, 2.45) is 0 Å². The minimum Gasteiger partial charge on any atom is -0.303 e. The van der Waals surface area contributed by atoms with Crippen LogP contribution in [-0.2, 0) is 18.1 Å². The summed E-state index contributed by atoms with van der Waals surface area (Å²) in [7, 11) is -3.39. The lowest BCUT2D eigenvalue weighted by molar-refractivity contribution is 0.116. The zero-order valence-electron chi connectivity index (χ0n) is 22.1. The van der Waals surface area contributed by atoms with Crippen molar-refractivity contribution in [3.63, 3.8) is 0 Å². The molecule has 0 aromatic rings. The first-order chi connectivity index (χ1) is 15.5. The summed E-state index contributed by atoms with van der Waals surface area (Å²) in [4.78, 5) is 5.19. The van der Waals surface area contributed by atoms with Gasteiger partial charge in [0.25, 0.3) is 0 Å². The van der Waals surface area contributed by atoms with E-state index in [-0.39, 0.29) is 0 Å². The third kappa shape index (κ3) is 18.5. The van der Waals surface area contributed by atoms with Gasteiger partial charge in [0.15, 0.2) is 0 Å². The number of hydrogen-bond donors (Lipinski definition) is 0. The lowest BCUT2D eigenvalue weighted by atomic mass is 10.1. The number of hydrogen-bond acceptors (Lipinski definition) is 6. The molecule has 0 radical (unpaired) electrons. The minimum absolute atomic E-state index is 0.327. The van der Waals surface area contributed by atoms with Gasteiger partial charge in [0.2, 0.25) is 0 Å². The highest BCUT2D eigenvalue weighted by molar-refractivity contribution is 7.48. The summed E-state index contributed by atoms with van der Waals surface area (Å²) < 4.78 is 28.4. The fourth-order valence-corrected chi connectivity index (χ4v) is 5.10. The Hall–Kier alpha value is 0.0300. The number of unbranched alkanes of at least 4 members (excludes halogenated alkanes) is 6. The fraction of sp³-hybridized carbons (Fsp3) is 1.00. The van der Waals surface area contributed by atoms with Crippen molar-refractivity contribution in [1.82, 2.24) is 9.80 Å². The van der Waals surface area contributed by atoms with Crippen LogP contribution in [0.2, 0.25) is 0 Å². The number of phosphoric ester groups is 1. The Morgan fingerprint density at radius 1 is 0.500 bits per heavy atom. The molecule has 0 aliphatic carbocycles. The molecular weight excluding hydrogens is 423 g/mol. The molecule has 32 heavy (non-hydrogen) atoms. The van der Waals surface area contributed by atoms with Crippen molar-refractivity contribution in [1.29, 1.82) is 0 Å². The van der Waals surface area contributed by atoms with Gasteiger partial charge >= 0.3 is 7.82 Å². The van der Waals surface area contributed by atoms with E-state index in [0.29, 0.717) is 19.8 Å². The molecule has 6 nitrogen and oxygen atoms in total. The van der Waals surface area contributed by atoms with E-state index in [0.717, 1.165) is 26.1 Å². The molecular formula is C25H55N2O4P. The molecule has 0 rings (SSSR count). The molecule has 0 spiro atoms. The molecule has 0 aliphatic heterocycles. The smallest absolute Gasteiger partial charge is 0.303 e. The second-order valence-electron chi connectivity index (χ2n) is 8.63. The molecule has 0 unspecified atom stereocenters. The van der Waals surface area contributed by atoms with Crippen LogP contribution in [0.5, 0.6) is 0 Å². The van der Waals surface area contributed by atoms with E-state index in [1.54, 1.807) is 13.8 Å². The van der Waals surface area contributed by atoms with Crippen LogP contribution in [0.1, 0.15) is 105 Å². The van der Waals surface area contributed by atoms with Gasteiger partial charge in [0.05, 0.1) is 19.8 Å². The maximum Gasteiger partial charge on any atom is 0.474 e. The Morgan fingerprint density at radius 2 is 1.00 bits per heavy atom. The Balaban J connectivity index is 4.46. The van der Waals surface area contributed by atoms with E-state index in [4.69, 9.17) is 13.6 Å². The monoisotopic (exact) mass is 478 g/mol. The first-order valence-electron chi connectivity index (χ1n) is 13.5. The topological polar surface area (TPSA) is 51.2 Å². The van der Waals surface area contributed by atoms with Gasteiger partial charge < -0.3 is 9.80 Å². The maximum absolute atomic E-state index is 12.5. The van der Waals surface area contributed by atoms with Crippen LogP contribution in [0.25, 0.3) is 0 Å². The highest BCUT2D eigenvalue weighted by Gasteiger charge is 2.24. The van der Waals surface area contributed by atoms with E-state index >= 15 is 0 Å². The molecule has 0 aromatic carbocycles. The molecule has 0 aliphatic rings. The van der Waals surface area contributed by atoms with Crippen LogP contribution < -0.4 is 0 Å². The summed E-state index contributed by atoms with van der Waals surface area (Å²) in [5.41, 5.74) is 0. The average Bonchev–Trinajstić information content (AvgIpc) is 2.77. The van der Waals surface area contributed by atoms with Gasteiger partial charge in [-0.1, -0.05) is 59.3 Å². The van der Waals surface area contributed by atoms with Gasteiger partial charge in [-0.2, -0.15) is 0 Å². The summed E-state index contributed by atoms with van der Waals surface area (Å²) in [6, 6.07) is 0. The van der Waals surface area contributed by atoms with Gasteiger partial charge in [0, 0.05) is 6.54 Å². The first kappa shape index (κ1) is 32.0. The summed E-state index contributed by atoms with van der Waals surface area (Å²) >= 11 is 0. The third-order valence-electron chi connectivity index (χ3n) is 5.59. The van der Waals surface area contributed by atoms with Crippen LogP contribution in [0.15, 0.2) is 0 Å².